The molecule has 0 radical (unpaired) electrons. The third-order valence-corrected chi connectivity index (χ3v) is 12.7. The number of fused-ring (bicyclic) bond motifs is 7. The molecule has 5 rings (SSSR count). The molecule has 0 heterocycles. The van der Waals surface area contributed by atoms with Crippen molar-refractivity contribution in [1.82, 2.24) is 0 Å². The summed E-state index contributed by atoms with van der Waals surface area (Å²) in [6.07, 6.45) is 11.1. The highest BCUT2D eigenvalue weighted by atomic mass is 16.3. The molecule has 0 bridgehead atoms. The summed E-state index contributed by atoms with van der Waals surface area (Å²) in [6, 6.07) is 0. The lowest BCUT2D eigenvalue weighted by Gasteiger charge is -2.69. The SMILES string of the molecule is CC1(C)CC[C@]2(CO)[C@H](O)C[C@]3(C)C(=CC=C4[C@@]5(C)CC[C@H](O)[C@@](C)(CO)[C@H]5CC[C@]43C)[C@@H]2C1. The van der Waals surface area contributed by atoms with Crippen LogP contribution in [-0.4, -0.2) is 45.8 Å². The maximum absolute atomic E-state index is 11.7. The summed E-state index contributed by atoms with van der Waals surface area (Å²) in [4.78, 5) is 0. The van der Waals surface area contributed by atoms with Crippen LogP contribution in [0.4, 0.5) is 0 Å². The van der Waals surface area contributed by atoms with Crippen molar-refractivity contribution in [2.24, 2.45) is 44.3 Å². The smallest absolute Gasteiger partial charge is 0.0632 e. The van der Waals surface area contributed by atoms with Crippen molar-refractivity contribution in [3.63, 3.8) is 0 Å². The molecule has 4 saturated carbocycles. The molecule has 0 unspecified atom stereocenters. The van der Waals surface area contributed by atoms with Crippen molar-refractivity contribution in [2.75, 3.05) is 13.2 Å². The Morgan fingerprint density at radius 2 is 1.47 bits per heavy atom. The van der Waals surface area contributed by atoms with Gasteiger partial charge in [-0.15, -0.1) is 0 Å². The molecular formula is C30H48O4. The van der Waals surface area contributed by atoms with Crippen LogP contribution in [0.15, 0.2) is 23.3 Å². The van der Waals surface area contributed by atoms with Crippen molar-refractivity contribution in [3.05, 3.63) is 23.3 Å². The molecule has 0 aromatic heterocycles. The molecule has 4 nitrogen and oxygen atoms in total. The average Bonchev–Trinajstić information content (AvgIpc) is 2.77. The normalized spacial score (nSPS) is 54.1. The third kappa shape index (κ3) is 2.86. The lowest BCUT2D eigenvalue weighted by molar-refractivity contribution is -0.169. The molecule has 0 amide bonds. The van der Waals surface area contributed by atoms with Gasteiger partial charge in [-0.25, -0.2) is 0 Å². The third-order valence-electron chi connectivity index (χ3n) is 12.7. The van der Waals surface area contributed by atoms with Crippen molar-refractivity contribution in [1.29, 1.82) is 0 Å². The predicted molar refractivity (Wildman–Crippen MR) is 135 cm³/mol. The Hall–Kier alpha value is -0.680. The van der Waals surface area contributed by atoms with Gasteiger partial charge in [0, 0.05) is 16.2 Å². The number of hydrogen-bond donors (Lipinski definition) is 4. The second-order valence-electron chi connectivity index (χ2n) is 14.6. The lowest BCUT2D eigenvalue weighted by atomic mass is 9.35. The molecule has 4 fully saturated rings. The molecule has 0 aromatic rings. The minimum atomic E-state index is -0.502. The highest BCUT2D eigenvalue weighted by molar-refractivity contribution is 5.46. The van der Waals surface area contributed by atoms with Gasteiger partial charge >= 0.3 is 0 Å². The minimum absolute atomic E-state index is 0.0195. The lowest BCUT2D eigenvalue weighted by Crippen LogP contribution is -2.64. The van der Waals surface area contributed by atoms with Crippen LogP contribution in [0.3, 0.4) is 0 Å². The van der Waals surface area contributed by atoms with E-state index in [1.165, 1.54) is 11.1 Å². The average molecular weight is 473 g/mol. The van der Waals surface area contributed by atoms with E-state index >= 15 is 0 Å². The summed E-state index contributed by atoms with van der Waals surface area (Å²) in [5.74, 6) is 0.441. The van der Waals surface area contributed by atoms with Gasteiger partial charge in [-0.05, 0) is 79.4 Å². The number of aliphatic hydroxyl groups is 4. The van der Waals surface area contributed by atoms with E-state index in [4.69, 9.17) is 0 Å². The van der Waals surface area contributed by atoms with Crippen LogP contribution >= 0.6 is 0 Å². The van der Waals surface area contributed by atoms with Crippen LogP contribution in [-0.2, 0) is 0 Å². The van der Waals surface area contributed by atoms with Crippen molar-refractivity contribution in [2.45, 2.75) is 105 Å². The first kappa shape index (κ1) is 25.0. The summed E-state index contributed by atoms with van der Waals surface area (Å²) in [5.41, 5.74) is 1.91. The van der Waals surface area contributed by atoms with E-state index in [0.29, 0.717) is 6.42 Å². The Labute approximate surface area is 206 Å². The number of allylic oxidation sites excluding steroid dienone is 4. The van der Waals surface area contributed by atoms with E-state index in [-0.39, 0.29) is 46.7 Å². The van der Waals surface area contributed by atoms with Gasteiger partial charge in [0.05, 0.1) is 25.4 Å². The maximum atomic E-state index is 11.7. The van der Waals surface area contributed by atoms with Crippen LogP contribution in [0.2, 0.25) is 0 Å². The largest absolute Gasteiger partial charge is 0.396 e. The zero-order valence-corrected chi connectivity index (χ0v) is 22.3. The van der Waals surface area contributed by atoms with Crippen molar-refractivity contribution in [3.8, 4) is 0 Å². The fraction of sp³-hybridized carbons (Fsp3) is 0.867. The Morgan fingerprint density at radius 1 is 0.765 bits per heavy atom. The molecule has 5 aliphatic rings. The van der Waals surface area contributed by atoms with Crippen molar-refractivity contribution >= 4 is 0 Å². The first-order valence-electron chi connectivity index (χ1n) is 13.8. The van der Waals surface area contributed by atoms with Gasteiger partial charge in [-0.1, -0.05) is 64.8 Å². The molecule has 0 aromatic carbocycles. The molecule has 192 valence electrons. The number of rotatable bonds is 2. The van der Waals surface area contributed by atoms with E-state index in [0.717, 1.165) is 44.9 Å². The molecule has 4 N–H and O–H groups in total. The topological polar surface area (TPSA) is 80.9 Å². The summed E-state index contributed by atoms with van der Waals surface area (Å²) in [5, 5.41) is 43.7. The summed E-state index contributed by atoms with van der Waals surface area (Å²) >= 11 is 0. The predicted octanol–water partition coefficient (Wildman–Crippen LogP) is 5.00. The van der Waals surface area contributed by atoms with Crippen LogP contribution in [0.1, 0.15) is 92.9 Å². The van der Waals surface area contributed by atoms with Crippen LogP contribution < -0.4 is 0 Å². The molecular weight excluding hydrogens is 424 g/mol. The number of hydrogen-bond acceptors (Lipinski definition) is 4. The Balaban J connectivity index is 1.66. The maximum Gasteiger partial charge on any atom is 0.0632 e. The second kappa shape index (κ2) is 7.43. The summed E-state index contributed by atoms with van der Waals surface area (Å²) in [6.45, 7) is 14.0. The zero-order chi connectivity index (χ0) is 24.9. The molecule has 34 heavy (non-hydrogen) atoms. The quantitative estimate of drug-likeness (QED) is 0.456. The molecule has 4 heteroatoms. The van der Waals surface area contributed by atoms with E-state index < -0.39 is 23.0 Å². The first-order valence-corrected chi connectivity index (χ1v) is 13.8. The number of aliphatic hydroxyl groups excluding tert-OH is 4. The van der Waals surface area contributed by atoms with Crippen LogP contribution in [0.25, 0.3) is 0 Å². The second-order valence-corrected chi connectivity index (χ2v) is 14.6. The Bertz CT molecular complexity index is 921. The van der Waals surface area contributed by atoms with Gasteiger partial charge in [0.1, 0.15) is 0 Å². The van der Waals surface area contributed by atoms with Crippen LogP contribution in [0, 0.1) is 44.3 Å². The highest BCUT2D eigenvalue weighted by Gasteiger charge is 2.68. The fourth-order valence-corrected chi connectivity index (χ4v) is 10.1. The van der Waals surface area contributed by atoms with E-state index in [9.17, 15) is 20.4 Å². The van der Waals surface area contributed by atoms with Gasteiger partial charge in [0.25, 0.3) is 0 Å². The molecule has 5 aliphatic carbocycles. The van der Waals surface area contributed by atoms with E-state index in [2.05, 4.69) is 53.7 Å². The Morgan fingerprint density at radius 3 is 2.12 bits per heavy atom. The molecule has 9 atom stereocenters. The van der Waals surface area contributed by atoms with Gasteiger partial charge in [-0.2, -0.15) is 0 Å². The van der Waals surface area contributed by atoms with Gasteiger partial charge in [0.2, 0.25) is 0 Å². The van der Waals surface area contributed by atoms with E-state index in [1.54, 1.807) is 0 Å². The highest BCUT2D eigenvalue weighted by Crippen LogP contribution is 2.74. The summed E-state index contributed by atoms with van der Waals surface area (Å²) in [7, 11) is 0. The molecule has 0 aliphatic heterocycles. The van der Waals surface area contributed by atoms with Crippen molar-refractivity contribution < 1.29 is 20.4 Å². The van der Waals surface area contributed by atoms with Crippen LogP contribution in [0.5, 0.6) is 0 Å². The van der Waals surface area contributed by atoms with Gasteiger partial charge in [-0.3, -0.25) is 0 Å². The fourth-order valence-electron chi connectivity index (χ4n) is 10.1. The van der Waals surface area contributed by atoms with Gasteiger partial charge in [0.15, 0.2) is 0 Å². The monoisotopic (exact) mass is 472 g/mol. The Kier molecular flexibility index (Phi) is 5.46. The van der Waals surface area contributed by atoms with Gasteiger partial charge < -0.3 is 20.4 Å². The summed E-state index contributed by atoms with van der Waals surface area (Å²) < 4.78 is 0. The zero-order valence-electron chi connectivity index (χ0n) is 22.3. The molecule has 0 saturated heterocycles. The standard InChI is InChI=1S/C30H48O4/c1-25(2)13-14-30(18-32)20(15-25)19-7-8-22-26(3)11-10-23(33)27(4,17-31)21(26)9-12-28(22,5)29(19,6)16-24(30)34/h7-8,20-21,23-24,31-34H,9-18H2,1-6H3/t20-,21-,23-,24+,26-,27-,28+,29+,30+/m0/s1. The van der Waals surface area contributed by atoms with E-state index in [1.807, 2.05) is 0 Å². The minimum Gasteiger partial charge on any atom is -0.396 e. The molecule has 0 spiro atoms. The first-order chi connectivity index (χ1) is 15.7.